The number of methoxy groups -OCH3 is 1. The van der Waals surface area contributed by atoms with Gasteiger partial charge in [-0.3, -0.25) is 0 Å². The summed E-state index contributed by atoms with van der Waals surface area (Å²) in [7, 11) is 1.58. The van der Waals surface area contributed by atoms with E-state index in [1.807, 2.05) is 0 Å². The van der Waals surface area contributed by atoms with Gasteiger partial charge in [-0.25, -0.2) is 14.2 Å². The lowest BCUT2D eigenvalue weighted by Gasteiger charge is -2.32. The minimum absolute atomic E-state index is 0.280. The fourth-order valence-corrected chi connectivity index (χ4v) is 3.63. The van der Waals surface area contributed by atoms with E-state index in [-0.39, 0.29) is 17.7 Å². The van der Waals surface area contributed by atoms with Crippen LogP contribution in [0.5, 0.6) is 5.75 Å². The Morgan fingerprint density at radius 3 is 2.75 bits per heavy atom. The zero-order valence-corrected chi connectivity index (χ0v) is 17.1. The molecule has 9 nitrogen and oxygen atoms in total. The highest BCUT2D eigenvalue weighted by atomic mass is 19.1. The third-order valence-electron chi connectivity index (χ3n) is 5.33. The summed E-state index contributed by atoms with van der Waals surface area (Å²) in [6.45, 7) is 0.302. The van der Waals surface area contributed by atoms with E-state index in [9.17, 15) is 9.18 Å². The molecule has 0 spiro atoms. The van der Waals surface area contributed by atoms with Gasteiger partial charge in [-0.1, -0.05) is 5.16 Å². The molecule has 0 saturated heterocycles. The maximum absolute atomic E-state index is 13.2. The summed E-state index contributed by atoms with van der Waals surface area (Å²) in [4.78, 5) is 26.7. The first-order valence-corrected chi connectivity index (χ1v) is 9.93. The van der Waals surface area contributed by atoms with Crippen molar-refractivity contribution in [1.82, 2.24) is 25.0 Å². The highest BCUT2D eigenvalue weighted by Crippen LogP contribution is 2.32. The Hall–Kier alpha value is -4.21. The molecule has 2 aromatic heterocycles. The smallest absolute Gasteiger partial charge is 0.322 e. The lowest BCUT2D eigenvalue weighted by Crippen LogP contribution is -2.41. The zero-order chi connectivity index (χ0) is 22.1. The van der Waals surface area contributed by atoms with Gasteiger partial charge < -0.3 is 24.5 Å². The summed E-state index contributed by atoms with van der Waals surface area (Å²) in [6, 6.07) is 12.0. The molecule has 162 valence electrons. The Bertz CT molecular complexity index is 1240. The minimum atomic E-state index is -0.509. The first-order valence-electron chi connectivity index (χ1n) is 9.93. The predicted octanol–water partition coefficient (Wildman–Crippen LogP) is 3.94. The number of imidazole rings is 1. The molecule has 3 heterocycles. The Balaban J connectivity index is 1.42. The molecule has 32 heavy (non-hydrogen) atoms. The van der Waals surface area contributed by atoms with Gasteiger partial charge in [0.2, 0.25) is 11.7 Å². The molecule has 4 aromatic rings. The average Bonchev–Trinajstić information content (AvgIpc) is 3.48. The number of urea groups is 1. The minimum Gasteiger partial charge on any atom is -0.497 e. The van der Waals surface area contributed by atoms with Gasteiger partial charge in [-0.15, -0.1) is 0 Å². The number of H-pyrrole nitrogens is 1. The van der Waals surface area contributed by atoms with E-state index in [2.05, 4.69) is 25.4 Å². The van der Waals surface area contributed by atoms with E-state index in [0.29, 0.717) is 35.8 Å². The molecule has 5 rings (SSSR count). The number of aromatic amines is 1. The summed E-state index contributed by atoms with van der Waals surface area (Å²) in [5.41, 5.74) is 2.93. The topological polar surface area (TPSA) is 109 Å². The van der Waals surface area contributed by atoms with Gasteiger partial charge in [0.1, 0.15) is 17.6 Å². The molecule has 0 bridgehead atoms. The molecule has 2 aromatic carbocycles. The van der Waals surface area contributed by atoms with Gasteiger partial charge in [-0.2, -0.15) is 4.98 Å². The van der Waals surface area contributed by atoms with Crippen molar-refractivity contribution >= 4 is 11.7 Å². The van der Waals surface area contributed by atoms with Gasteiger partial charge in [0.25, 0.3) is 0 Å². The van der Waals surface area contributed by atoms with Crippen molar-refractivity contribution in [1.29, 1.82) is 0 Å². The number of anilines is 1. The molecule has 0 radical (unpaired) electrons. The lowest BCUT2D eigenvalue weighted by molar-refractivity contribution is 0.155. The van der Waals surface area contributed by atoms with Crippen LogP contribution in [0.2, 0.25) is 0 Å². The van der Waals surface area contributed by atoms with Crippen molar-refractivity contribution < 1.29 is 18.4 Å². The summed E-state index contributed by atoms with van der Waals surface area (Å²) in [6.07, 6.45) is 2.02. The maximum atomic E-state index is 13.2. The number of carbonyl (C=O) groups excluding carboxylic acids is 1. The predicted molar refractivity (Wildman–Crippen MR) is 112 cm³/mol. The van der Waals surface area contributed by atoms with Gasteiger partial charge in [0.15, 0.2) is 0 Å². The Kier molecular flexibility index (Phi) is 5.02. The number of ether oxygens (including phenoxy) is 1. The van der Waals surface area contributed by atoms with Crippen molar-refractivity contribution in [2.24, 2.45) is 0 Å². The second-order valence-corrected chi connectivity index (χ2v) is 7.30. The van der Waals surface area contributed by atoms with Crippen molar-refractivity contribution in [3.63, 3.8) is 0 Å². The molecule has 1 atom stereocenters. The van der Waals surface area contributed by atoms with Gasteiger partial charge >= 0.3 is 6.03 Å². The number of halogens is 1. The number of carbonyl (C=O) groups is 1. The summed E-state index contributed by atoms with van der Waals surface area (Å²) in [5, 5.41) is 6.92. The number of rotatable bonds is 4. The fraction of sp³-hybridized carbons (Fsp3) is 0.182. The first kappa shape index (κ1) is 19.7. The van der Waals surface area contributed by atoms with Crippen LogP contribution in [-0.2, 0) is 13.0 Å². The second kappa shape index (κ2) is 8.14. The van der Waals surface area contributed by atoms with Crippen LogP contribution < -0.4 is 10.1 Å². The molecule has 1 aliphatic heterocycles. The highest BCUT2D eigenvalue weighted by molar-refractivity contribution is 5.89. The number of hydrogen-bond acceptors (Lipinski definition) is 6. The molecule has 1 unspecified atom stereocenters. The Labute approximate surface area is 182 Å². The number of fused-ring (bicyclic) bond motifs is 1. The molecule has 0 aliphatic carbocycles. The number of nitrogens with one attached hydrogen (secondary N) is 2. The molecule has 2 N–H and O–H groups in total. The van der Waals surface area contributed by atoms with Crippen molar-refractivity contribution in [2.75, 3.05) is 12.4 Å². The third-order valence-corrected chi connectivity index (χ3v) is 5.33. The molecule has 0 saturated carbocycles. The van der Waals surface area contributed by atoms with E-state index in [1.54, 1.807) is 54.7 Å². The second-order valence-electron chi connectivity index (χ2n) is 7.30. The average molecular weight is 434 g/mol. The van der Waals surface area contributed by atoms with Crippen LogP contribution in [0.25, 0.3) is 11.4 Å². The first-order chi connectivity index (χ1) is 15.6. The molecule has 2 amide bonds. The maximum Gasteiger partial charge on any atom is 0.322 e. The summed E-state index contributed by atoms with van der Waals surface area (Å²) < 4.78 is 23.9. The van der Waals surface area contributed by atoms with Crippen LogP contribution in [0.15, 0.2) is 59.4 Å². The molecule has 0 fully saturated rings. The van der Waals surface area contributed by atoms with E-state index >= 15 is 0 Å². The summed E-state index contributed by atoms with van der Waals surface area (Å²) in [5.74, 6) is 0.948. The molecule has 10 heteroatoms. The largest absolute Gasteiger partial charge is 0.497 e. The zero-order valence-electron chi connectivity index (χ0n) is 17.1. The highest BCUT2D eigenvalue weighted by Gasteiger charge is 2.36. The monoisotopic (exact) mass is 434 g/mol. The van der Waals surface area contributed by atoms with Crippen LogP contribution in [0.4, 0.5) is 14.9 Å². The lowest BCUT2D eigenvalue weighted by atomic mass is 10.0. The van der Waals surface area contributed by atoms with Crippen molar-refractivity contribution in [3.05, 3.63) is 78.0 Å². The summed E-state index contributed by atoms with van der Waals surface area (Å²) >= 11 is 0. The number of benzene rings is 2. The van der Waals surface area contributed by atoms with E-state index in [0.717, 1.165) is 11.4 Å². The van der Waals surface area contributed by atoms with Crippen LogP contribution in [0.1, 0.15) is 23.3 Å². The van der Waals surface area contributed by atoms with E-state index < -0.39 is 6.04 Å². The van der Waals surface area contributed by atoms with Gasteiger partial charge in [0.05, 0.1) is 31.4 Å². The van der Waals surface area contributed by atoms with Crippen LogP contribution in [-0.4, -0.2) is 38.1 Å². The van der Waals surface area contributed by atoms with Crippen molar-refractivity contribution in [3.8, 4) is 17.1 Å². The number of aromatic nitrogens is 4. The van der Waals surface area contributed by atoms with Gasteiger partial charge in [0, 0.05) is 17.7 Å². The van der Waals surface area contributed by atoms with Crippen LogP contribution in [0.3, 0.4) is 0 Å². The SMILES string of the molecule is COc1ccc(NC(=O)N2Cc3[nH]cnc3CC2c2nc(-c3ccc(F)cc3)no2)cc1. The Morgan fingerprint density at radius 2 is 2.00 bits per heavy atom. The van der Waals surface area contributed by atoms with Crippen LogP contribution >= 0.6 is 0 Å². The quantitative estimate of drug-likeness (QED) is 0.504. The van der Waals surface area contributed by atoms with Crippen LogP contribution in [0, 0.1) is 5.82 Å². The van der Waals surface area contributed by atoms with E-state index in [4.69, 9.17) is 9.26 Å². The van der Waals surface area contributed by atoms with E-state index in [1.165, 1.54) is 12.1 Å². The standard InChI is InChI=1S/C22H19FN6O3/c1-31-16-8-6-15(7-9-16)26-22(30)29-11-18-17(24-12-25-18)10-19(29)21-27-20(28-32-21)13-2-4-14(23)5-3-13/h2-9,12,19H,10-11H2,1H3,(H,24,25)(H,26,30). The Morgan fingerprint density at radius 1 is 1.22 bits per heavy atom. The van der Waals surface area contributed by atoms with Gasteiger partial charge in [-0.05, 0) is 48.5 Å². The normalized spacial score (nSPS) is 15.3. The molecular formula is C22H19FN6O3. The fourth-order valence-electron chi connectivity index (χ4n) is 3.63. The number of amides is 2. The molecule has 1 aliphatic rings. The third kappa shape index (κ3) is 3.78. The number of hydrogen-bond donors (Lipinski definition) is 2. The molecular weight excluding hydrogens is 415 g/mol. The van der Waals surface area contributed by atoms with Crippen molar-refractivity contribution in [2.45, 2.75) is 19.0 Å². The number of nitrogens with zero attached hydrogens (tertiary/aromatic N) is 4.